The molecular weight excluding hydrogens is 88.1 g/mol. The summed E-state index contributed by atoms with van der Waals surface area (Å²) in [5.74, 6) is 1.06. The minimum absolute atomic E-state index is 0.993. The smallest absolute Gasteiger partial charge is 0.0954 e. The Bertz CT molecular complexity index is 60.5. The van der Waals surface area contributed by atoms with E-state index in [0.717, 1.165) is 12.3 Å². The normalized spacial score (nSPS) is 11.6. The molecule has 2 heteroatoms. The fourth-order valence-electron chi connectivity index (χ4n) is 0.447. The molecule has 0 aromatic carbocycles. The van der Waals surface area contributed by atoms with E-state index in [-0.39, 0.29) is 0 Å². The molecule has 0 fully saturated rings. The molecule has 0 heterocycles. The van der Waals surface area contributed by atoms with Gasteiger partial charge in [0.15, 0.2) is 0 Å². The standard InChI is InChI=1S/C5H12N2/c1-4-5(6-2)7-3/h4H2,1-3H3,(H,6,7). The van der Waals surface area contributed by atoms with Crippen LogP contribution in [0.25, 0.3) is 0 Å². The van der Waals surface area contributed by atoms with Gasteiger partial charge in [0.05, 0.1) is 5.84 Å². The third-order valence-electron chi connectivity index (χ3n) is 0.893. The molecule has 7 heavy (non-hydrogen) atoms. The molecule has 0 bridgehead atoms. The lowest BCUT2D eigenvalue weighted by molar-refractivity contribution is 1.07. The maximum absolute atomic E-state index is 3.93. The van der Waals surface area contributed by atoms with Gasteiger partial charge < -0.3 is 5.32 Å². The predicted octanol–water partition coefficient (Wildman–Crippen LogP) is 0.644. The van der Waals surface area contributed by atoms with Gasteiger partial charge in [-0.1, -0.05) is 6.92 Å². The Balaban J connectivity index is 3.38. The third kappa shape index (κ3) is 2.20. The average molecular weight is 100 g/mol. The van der Waals surface area contributed by atoms with Gasteiger partial charge in [0, 0.05) is 20.5 Å². The SMILES string of the molecule is CCC(=NC)NC. The van der Waals surface area contributed by atoms with Crippen molar-refractivity contribution in [2.75, 3.05) is 14.1 Å². The lowest BCUT2D eigenvalue weighted by Gasteiger charge is -1.96. The summed E-state index contributed by atoms with van der Waals surface area (Å²) in [5.41, 5.74) is 0. The van der Waals surface area contributed by atoms with Gasteiger partial charge in [0.1, 0.15) is 0 Å². The predicted molar refractivity (Wildman–Crippen MR) is 32.7 cm³/mol. The summed E-state index contributed by atoms with van der Waals surface area (Å²) in [5, 5.41) is 2.95. The molecule has 0 rings (SSSR count). The van der Waals surface area contributed by atoms with Gasteiger partial charge in [-0.3, -0.25) is 4.99 Å². The summed E-state index contributed by atoms with van der Waals surface area (Å²) in [4.78, 5) is 3.93. The molecule has 0 atom stereocenters. The fourth-order valence-corrected chi connectivity index (χ4v) is 0.447. The molecule has 0 amide bonds. The molecule has 0 aliphatic heterocycles. The Morgan fingerprint density at radius 3 is 2.29 bits per heavy atom. The maximum Gasteiger partial charge on any atom is 0.0954 e. The van der Waals surface area contributed by atoms with Crippen LogP contribution in [0.2, 0.25) is 0 Å². The van der Waals surface area contributed by atoms with Crippen LogP contribution in [0, 0.1) is 0 Å². The molecule has 0 saturated heterocycles. The second-order valence-corrected chi connectivity index (χ2v) is 1.27. The van der Waals surface area contributed by atoms with Crippen LogP contribution >= 0.6 is 0 Å². The van der Waals surface area contributed by atoms with Gasteiger partial charge >= 0.3 is 0 Å². The number of aliphatic imine (C=N–C) groups is 1. The zero-order chi connectivity index (χ0) is 5.70. The maximum atomic E-state index is 3.93. The molecule has 2 nitrogen and oxygen atoms in total. The molecule has 0 aromatic rings. The van der Waals surface area contributed by atoms with E-state index in [2.05, 4.69) is 17.2 Å². The van der Waals surface area contributed by atoms with Crippen LogP contribution in [-0.4, -0.2) is 19.9 Å². The third-order valence-corrected chi connectivity index (χ3v) is 0.893. The molecule has 0 unspecified atom stereocenters. The summed E-state index contributed by atoms with van der Waals surface area (Å²) in [7, 11) is 3.67. The highest BCUT2D eigenvalue weighted by Gasteiger charge is 1.82. The van der Waals surface area contributed by atoms with Crippen molar-refractivity contribution in [2.45, 2.75) is 13.3 Å². The van der Waals surface area contributed by atoms with Crippen molar-refractivity contribution in [3.05, 3.63) is 0 Å². The first kappa shape index (κ1) is 6.47. The Morgan fingerprint density at radius 1 is 1.71 bits per heavy atom. The zero-order valence-corrected chi connectivity index (χ0v) is 5.15. The summed E-state index contributed by atoms with van der Waals surface area (Å²) in [6.07, 6.45) is 0.993. The van der Waals surface area contributed by atoms with Crippen LogP contribution in [0.1, 0.15) is 13.3 Å². The average Bonchev–Trinajstić information content (AvgIpc) is 1.72. The first-order chi connectivity index (χ1) is 3.35. The van der Waals surface area contributed by atoms with E-state index < -0.39 is 0 Å². The molecule has 1 N–H and O–H groups in total. The first-order valence-electron chi connectivity index (χ1n) is 2.48. The van der Waals surface area contributed by atoms with Gasteiger partial charge in [0.2, 0.25) is 0 Å². The largest absolute Gasteiger partial charge is 0.377 e. The van der Waals surface area contributed by atoms with Crippen molar-refractivity contribution < 1.29 is 0 Å². The Kier molecular flexibility index (Phi) is 3.38. The van der Waals surface area contributed by atoms with E-state index in [0.29, 0.717) is 0 Å². The van der Waals surface area contributed by atoms with E-state index >= 15 is 0 Å². The van der Waals surface area contributed by atoms with Crippen LogP contribution < -0.4 is 5.32 Å². The molecule has 0 aliphatic carbocycles. The van der Waals surface area contributed by atoms with Crippen molar-refractivity contribution in [1.29, 1.82) is 0 Å². The van der Waals surface area contributed by atoms with Gasteiger partial charge in [-0.05, 0) is 0 Å². The molecule has 0 saturated carbocycles. The second-order valence-electron chi connectivity index (χ2n) is 1.27. The Hall–Kier alpha value is -0.530. The van der Waals surface area contributed by atoms with E-state index in [1.165, 1.54) is 0 Å². The van der Waals surface area contributed by atoms with Crippen LogP contribution in [-0.2, 0) is 0 Å². The minimum Gasteiger partial charge on any atom is -0.377 e. The van der Waals surface area contributed by atoms with Crippen LogP contribution in [0.5, 0.6) is 0 Å². The number of rotatable bonds is 1. The van der Waals surface area contributed by atoms with Gasteiger partial charge in [-0.25, -0.2) is 0 Å². The van der Waals surface area contributed by atoms with E-state index in [1.807, 2.05) is 7.05 Å². The van der Waals surface area contributed by atoms with Crippen LogP contribution in [0.3, 0.4) is 0 Å². The number of nitrogens with zero attached hydrogens (tertiary/aromatic N) is 1. The zero-order valence-electron chi connectivity index (χ0n) is 5.15. The van der Waals surface area contributed by atoms with Gasteiger partial charge in [-0.15, -0.1) is 0 Å². The van der Waals surface area contributed by atoms with Crippen molar-refractivity contribution >= 4 is 5.84 Å². The molecule has 0 spiro atoms. The number of nitrogens with one attached hydrogen (secondary N) is 1. The van der Waals surface area contributed by atoms with Crippen LogP contribution in [0.15, 0.2) is 4.99 Å². The quantitative estimate of drug-likeness (QED) is 0.379. The van der Waals surface area contributed by atoms with E-state index in [1.54, 1.807) is 7.05 Å². The van der Waals surface area contributed by atoms with Crippen molar-refractivity contribution in [1.82, 2.24) is 5.32 Å². The minimum atomic E-state index is 0.993. The number of amidine groups is 1. The van der Waals surface area contributed by atoms with Crippen molar-refractivity contribution in [2.24, 2.45) is 4.99 Å². The molecule has 0 radical (unpaired) electrons. The highest BCUT2D eigenvalue weighted by atomic mass is 14.9. The molecule has 0 aromatic heterocycles. The summed E-state index contributed by atoms with van der Waals surface area (Å²) >= 11 is 0. The lowest BCUT2D eigenvalue weighted by Crippen LogP contribution is -2.16. The molecule has 42 valence electrons. The first-order valence-corrected chi connectivity index (χ1v) is 2.48. The lowest BCUT2D eigenvalue weighted by atomic mass is 10.4. The Morgan fingerprint density at radius 2 is 2.29 bits per heavy atom. The monoisotopic (exact) mass is 100 g/mol. The molecule has 0 aliphatic rings. The summed E-state index contributed by atoms with van der Waals surface area (Å²) < 4.78 is 0. The number of hydrogen-bond acceptors (Lipinski definition) is 1. The van der Waals surface area contributed by atoms with Crippen molar-refractivity contribution in [3.63, 3.8) is 0 Å². The van der Waals surface area contributed by atoms with Crippen LogP contribution in [0.4, 0.5) is 0 Å². The van der Waals surface area contributed by atoms with Gasteiger partial charge in [-0.2, -0.15) is 0 Å². The topological polar surface area (TPSA) is 24.4 Å². The second kappa shape index (κ2) is 3.65. The van der Waals surface area contributed by atoms with Crippen molar-refractivity contribution in [3.8, 4) is 0 Å². The summed E-state index contributed by atoms with van der Waals surface area (Å²) in [6, 6.07) is 0. The van der Waals surface area contributed by atoms with Gasteiger partial charge in [0.25, 0.3) is 0 Å². The number of hydrogen-bond donors (Lipinski definition) is 1. The fraction of sp³-hybridized carbons (Fsp3) is 0.800. The van der Waals surface area contributed by atoms with E-state index in [9.17, 15) is 0 Å². The highest BCUT2D eigenvalue weighted by molar-refractivity contribution is 5.81. The molecular formula is C5H12N2. The summed E-state index contributed by atoms with van der Waals surface area (Å²) in [6.45, 7) is 2.07. The highest BCUT2D eigenvalue weighted by Crippen LogP contribution is 1.75. The Labute approximate surface area is 44.6 Å². The van der Waals surface area contributed by atoms with E-state index in [4.69, 9.17) is 0 Å².